The summed E-state index contributed by atoms with van der Waals surface area (Å²) in [6, 6.07) is 8.93. The quantitative estimate of drug-likeness (QED) is 0.432. The van der Waals surface area contributed by atoms with Gasteiger partial charge in [-0.2, -0.15) is 13.2 Å². The molecule has 0 saturated heterocycles. The summed E-state index contributed by atoms with van der Waals surface area (Å²) in [7, 11) is 0. The minimum absolute atomic E-state index is 0.298. The van der Waals surface area contributed by atoms with Crippen molar-refractivity contribution in [2.75, 3.05) is 0 Å². The molecule has 7 heteroatoms. The number of halogens is 6. The number of hydrogen-bond acceptors (Lipinski definition) is 0. The van der Waals surface area contributed by atoms with Crippen LogP contribution >= 0.6 is 34.8 Å². The summed E-state index contributed by atoms with van der Waals surface area (Å²) < 4.78 is 38.3. The van der Waals surface area contributed by atoms with E-state index in [9.17, 15) is 13.2 Å². The molecular weight excluding hydrogens is 382 g/mol. The first kappa shape index (κ1) is 19.0. The zero-order valence-electron chi connectivity index (χ0n) is 12.7. The van der Waals surface area contributed by atoms with Gasteiger partial charge in [-0.05, 0) is 30.3 Å². The summed E-state index contributed by atoms with van der Waals surface area (Å²) >= 11 is 18.2. The van der Waals surface area contributed by atoms with Crippen molar-refractivity contribution in [2.45, 2.75) is 20.0 Å². The molecule has 0 aliphatic heterocycles. The van der Waals surface area contributed by atoms with Gasteiger partial charge in [0.1, 0.15) is 5.69 Å². The third-order valence-electron chi connectivity index (χ3n) is 3.24. The maximum absolute atomic E-state index is 12.8. The molecule has 0 unspecified atom stereocenters. The van der Waals surface area contributed by atoms with Gasteiger partial charge in [0, 0.05) is 32.1 Å². The highest BCUT2D eigenvalue weighted by molar-refractivity contribution is 6.38. The average molecular weight is 395 g/mol. The lowest BCUT2D eigenvalue weighted by Gasteiger charge is -2.08. The van der Waals surface area contributed by atoms with Gasteiger partial charge in [-0.25, -0.2) is 0 Å². The van der Waals surface area contributed by atoms with E-state index in [0.717, 1.165) is 6.07 Å². The van der Waals surface area contributed by atoms with Gasteiger partial charge in [-0.15, -0.1) is 0 Å². The standard InChI is InChI=1S/C15H7Cl3F3N.C2H6/c16-8-1-2-9(11(17)5-8)10-3-7-4-14(15(19,20)21)22-13(7)6-12(10)18;1-2/h1-6,22H;1-2H3. The molecule has 1 N–H and O–H groups in total. The predicted molar refractivity (Wildman–Crippen MR) is 95.1 cm³/mol. The van der Waals surface area contributed by atoms with Crippen molar-refractivity contribution in [3.63, 3.8) is 0 Å². The molecule has 1 heterocycles. The zero-order valence-corrected chi connectivity index (χ0v) is 15.0. The molecule has 0 fully saturated rings. The predicted octanol–water partition coefficient (Wildman–Crippen LogP) is 7.84. The Kier molecular flexibility index (Phi) is 5.74. The molecule has 0 spiro atoms. The molecule has 0 aliphatic carbocycles. The lowest BCUT2D eigenvalue weighted by Crippen LogP contribution is -2.04. The van der Waals surface area contributed by atoms with Crippen molar-refractivity contribution in [2.24, 2.45) is 0 Å². The van der Waals surface area contributed by atoms with Crippen molar-refractivity contribution in [3.05, 3.63) is 57.2 Å². The van der Waals surface area contributed by atoms with Crippen molar-refractivity contribution < 1.29 is 13.2 Å². The van der Waals surface area contributed by atoms with Crippen LogP contribution in [-0.2, 0) is 6.18 Å². The number of benzene rings is 2. The van der Waals surface area contributed by atoms with Crippen LogP contribution in [-0.4, -0.2) is 4.98 Å². The van der Waals surface area contributed by atoms with Gasteiger partial charge in [-0.1, -0.05) is 54.7 Å². The first-order valence-corrected chi connectivity index (χ1v) is 8.24. The number of nitrogens with one attached hydrogen (secondary N) is 1. The highest BCUT2D eigenvalue weighted by atomic mass is 35.5. The van der Waals surface area contributed by atoms with Gasteiger partial charge < -0.3 is 4.98 Å². The van der Waals surface area contributed by atoms with Crippen molar-refractivity contribution in [1.29, 1.82) is 0 Å². The van der Waals surface area contributed by atoms with Gasteiger partial charge in [-0.3, -0.25) is 0 Å². The highest BCUT2D eigenvalue weighted by Crippen LogP contribution is 2.39. The second kappa shape index (κ2) is 7.26. The Balaban J connectivity index is 0.00000100. The number of rotatable bonds is 1. The average Bonchev–Trinajstić information content (AvgIpc) is 2.92. The molecule has 0 amide bonds. The van der Waals surface area contributed by atoms with Gasteiger partial charge in [0.05, 0.1) is 5.02 Å². The normalized spacial score (nSPS) is 11.3. The fourth-order valence-electron chi connectivity index (χ4n) is 2.22. The van der Waals surface area contributed by atoms with Crippen LogP contribution in [0, 0.1) is 0 Å². The molecular formula is C17H13Cl3F3N. The third-order valence-corrected chi connectivity index (χ3v) is 4.10. The number of fused-ring (bicyclic) bond motifs is 1. The number of aromatic nitrogens is 1. The van der Waals surface area contributed by atoms with Crippen molar-refractivity contribution in [1.82, 2.24) is 4.98 Å². The van der Waals surface area contributed by atoms with E-state index in [2.05, 4.69) is 4.98 Å². The summed E-state index contributed by atoms with van der Waals surface area (Å²) in [4.78, 5) is 2.32. The Morgan fingerprint density at radius 2 is 1.46 bits per heavy atom. The fraction of sp³-hybridized carbons (Fsp3) is 0.176. The van der Waals surface area contributed by atoms with Crippen molar-refractivity contribution in [3.8, 4) is 11.1 Å². The van der Waals surface area contributed by atoms with Gasteiger partial charge in [0.2, 0.25) is 0 Å². The van der Waals surface area contributed by atoms with Gasteiger partial charge in [0.25, 0.3) is 0 Å². The van der Waals surface area contributed by atoms with E-state index in [-0.39, 0.29) is 0 Å². The van der Waals surface area contributed by atoms with E-state index >= 15 is 0 Å². The molecule has 0 aliphatic rings. The first-order chi connectivity index (χ1) is 11.3. The van der Waals surface area contributed by atoms with E-state index in [1.807, 2.05) is 13.8 Å². The number of H-pyrrole nitrogens is 1. The maximum atomic E-state index is 12.8. The van der Waals surface area contributed by atoms with Crippen LogP contribution in [0.1, 0.15) is 19.5 Å². The van der Waals surface area contributed by atoms with Crippen molar-refractivity contribution >= 4 is 45.7 Å². The third kappa shape index (κ3) is 3.82. The molecule has 2 aromatic carbocycles. The molecule has 1 aromatic heterocycles. The van der Waals surface area contributed by atoms with E-state index in [4.69, 9.17) is 34.8 Å². The van der Waals surface area contributed by atoms with Gasteiger partial charge in [0.15, 0.2) is 0 Å². The van der Waals surface area contributed by atoms with Crippen LogP contribution in [0.3, 0.4) is 0 Å². The summed E-state index contributed by atoms with van der Waals surface area (Å²) in [5.41, 5.74) is 0.639. The van der Waals surface area contributed by atoms with Crippen LogP contribution in [0.4, 0.5) is 13.2 Å². The van der Waals surface area contributed by atoms with Crippen LogP contribution in [0.2, 0.25) is 15.1 Å². The Hall–Kier alpha value is -1.36. The van der Waals surface area contributed by atoms with Crippen LogP contribution in [0.5, 0.6) is 0 Å². The Labute approximate surface area is 152 Å². The molecule has 128 valence electrons. The van der Waals surface area contributed by atoms with E-state index in [1.165, 1.54) is 6.07 Å². The van der Waals surface area contributed by atoms with Gasteiger partial charge >= 0.3 is 6.18 Å². The molecule has 0 radical (unpaired) electrons. The lowest BCUT2D eigenvalue weighted by molar-refractivity contribution is -0.140. The second-order valence-electron chi connectivity index (χ2n) is 4.72. The SMILES string of the molecule is CC.FC(F)(F)c1cc2cc(-c3ccc(Cl)cc3Cl)c(Cl)cc2[nH]1. The highest BCUT2D eigenvalue weighted by Gasteiger charge is 2.32. The van der Waals surface area contributed by atoms with Crippen LogP contribution in [0.25, 0.3) is 22.0 Å². The largest absolute Gasteiger partial charge is 0.431 e. The smallest absolute Gasteiger partial charge is 0.351 e. The molecule has 0 saturated carbocycles. The Morgan fingerprint density at radius 3 is 2.04 bits per heavy atom. The molecule has 0 atom stereocenters. The summed E-state index contributed by atoms with van der Waals surface area (Å²) in [5, 5.41) is 1.54. The molecule has 24 heavy (non-hydrogen) atoms. The molecule has 0 bridgehead atoms. The minimum Gasteiger partial charge on any atom is -0.351 e. The summed E-state index contributed by atoms with van der Waals surface area (Å²) in [5.74, 6) is 0. The van der Waals surface area contributed by atoms with E-state index < -0.39 is 11.9 Å². The number of aromatic amines is 1. The molecule has 3 rings (SSSR count). The zero-order chi connectivity index (χ0) is 18.1. The van der Waals surface area contributed by atoms with Crippen LogP contribution < -0.4 is 0 Å². The Bertz CT molecular complexity index is 869. The summed E-state index contributed by atoms with van der Waals surface area (Å²) in [6.45, 7) is 4.00. The van der Waals surface area contributed by atoms with Crippen LogP contribution in [0.15, 0.2) is 36.4 Å². The maximum Gasteiger partial charge on any atom is 0.431 e. The summed E-state index contributed by atoms with van der Waals surface area (Å²) in [6.07, 6.45) is -4.44. The topological polar surface area (TPSA) is 15.8 Å². The second-order valence-corrected chi connectivity index (χ2v) is 5.98. The van der Waals surface area contributed by atoms with E-state index in [1.54, 1.807) is 24.3 Å². The molecule has 3 aromatic rings. The minimum atomic E-state index is -4.44. The number of hydrogen-bond donors (Lipinski definition) is 1. The first-order valence-electron chi connectivity index (χ1n) is 7.10. The monoisotopic (exact) mass is 393 g/mol. The number of alkyl halides is 3. The Morgan fingerprint density at radius 1 is 0.833 bits per heavy atom. The van der Waals surface area contributed by atoms with E-state index in [0.29, 0.717) is 37.1 Å². The molecule has 1 nitrogen and oxygen atoms in total. The fourth-order valence-corrected chi connectivity index (χ4v) is 3.00. The lowest BCUT2D eigenvalue weighted by atomic mass is 10.0.